The highest BCUT2D eigenvalue weighted by Gasteiger charge is 1.98. The number of rotatable bonds is 4. The SMILES string of the molecule is CCOc1ccccc1C=Nc1ccc(C#N)cc1. The minimum absolute atomic E-state index is 0.627. The number of aliphatic imine (C=N–C) groups is 1. The Morgan fingerprint density at radius 2 is 1.89 bits per heavy atom. The van der Waals surface area contributed by atoms with E-state index in [1.165, 1.54) is 0 Å². The predicted molar refractivity (Wildman–Crippen MR) is 76.0 cm³/mol. The van der Waals surface area contributed by atoms with Crippen molar-refractivity contribution in [1.29, 1.82) is 5.26 Å². The van der Waals surface area contributed by atoms with Crippen molar-refractivity contribution in [2.45, 2.75) is 6.92 Å². The lowest BCUT2D eigenvalue weighted by molar-refractivity contribution is 0.340. The molecule has 0 saturated heterocycles. The van der Waals surface area contributed by atoms with Crippen LogP contribution in [0, 0.1) is 11.3 Å². The van der Waals surface area contributed by atoms with Gasteiger partial charge in [0.25, 0.3) is 0 Å². The summed E-state index contributed by atoms with van der Waals surface area (Å²) in [7, 11) is 0. The normalized spacial score (nSPS) is 10.3. The maximum absolute atomic E-state index is 8.73. The maximum Gasteiger partial charge on any atom is 0.128 e. The first-order chi connectivity index (χ1) is 9.33. The first kappa shape index (κ1) is 12.8. The third kappa shape index (κ3) is 3.43. The molecule has 0 aromatic heterocycles. The molecule has 0 radical (unpaired) electrons. The van der Waals surface area contributed by atoms with Gasteiger partial charge in [-0.1, -0.05) is 12.1 Å². The Morgan fingerprint density at radius 3 is 2.58 bits per heavy atom. The molecule has 0 saturated carbocycles. The van der Waals surface area contributed by atoms with Crippen molar-refractivity contribution >= 4 is 11.9 Å². The second kappa shape index (κ2) is 6.36. The number of hydrogen-bond donors (Lipinski definition) is 0. The molecule has 0 fully saturated rings. The zero-order valence-electron chi connectivity index (χ0n) is 10.7. The molecule has 0 unspecified atom stereocenters. The van der Waals surface area contributed by atoms with Gasteiger partial charge >= 0.3 is 0 Å². The van der Waals surface area contributed by atoms with Crippen LogP contribution in [0.4, 0.5) is 5.69 Å². The van der Waals surface area contributed by atoms with Crippen molar-refractivity contribution in [2.75, 3.05) is 6.61 Å². The highest BCUT2D eigenvalue weighted by atomic mass is 16.5. The second-order valence-electron chi connectivity index (χ2n) is 3.89. The zero-order valence-corrected chi connectivity index (χ0v) is 10.7. The number of para-hydroxylation sites is 1. The van der Waals surface area contributed by atoms with Crippen LogP contribution in [0.5, 0.6) is 5.75 Å². The van der Waals surface area contributed by atoms with Gasteiger partial charge in [0, 0.05) is 11.8 Å². The minimum Gasteiger partial charge on any atom is -0.493 e. The summed E-state index contributed by atoms with van der Waals surface area (Å²) in [5.41, 5.74) is 2.38. The van der Waals surface area contributed by atoms with E-state index >= 15 is 0 Å². The molecule has 0 N–H and O–H groups in total. The fourth-order valence-corrected chi connectivity index (χ4v) is 1.64. The van der Waals surface area contributed by atoms with Crippen LogP contribution >= 0.6 is 0 Å². The van der Waals surface area contributed by atoms with Gasteiger partial charge in [-0.25, -0.2) is 0 Å². The maximum atomic E-state index is 8.73. The standard InChI is InChI=1S/C16H14N2O/c1-2-19-16-6-4-3-5-14(16)12-18-15-9-7-13(11-17)8-10-15/h3-10,12H,2H2,1H3. The van der Waals surface area contributed by atoms with Crippen molar-refractivity contribution in [3.05, 3.63) is 59.7 Å². The van der Waals surface area contributed by atoms with Gasteiger partial charge in [-0.15, -0.1) is 0 Å². The Hall–Kier alpha value is -2.60. The van der Waals surface area contributed by atoms with Crippen LogP contribution in [0.1, 0.15) is 18.1 Å². The van der Waals surface area contributed by atoms with Crippen molar-refractivity contribution in [3.8, 4) is 11.8 Å². The number of hydrogen-bond acceptors (Lipinski definition) is 3. The molecule has 2 rings (SSSR count). The molecule has 0 amide bonds. The fourth-order valence-electron chi connectivity index (χ4n) is 1.64. The molecule has 0 heterocycles. The molecular weight excluding hydrogens is 236 g/mol. The summed E-state index contributed by atoms with van der Waals surface area (Å²) in [6.07, 6.45) is 1.77. The van der Waals surface area contributed by atoms with Crippen molar-refractivity contribution < 1.29 is 4.74 Å². The van der Waals surface area contributed by atoms with E-state index < -0.39 is 0 Å². The van der Waals surface area contributed by atoms with E-state index in [0.717, 1.165) is 17.0 Å². The predicted octanol–water partition coefficient (Wildman–Crippen LogP) is 3.71. The van der Waals surface area contributed by atoms with Gasteiger partial charge in [0.1, 0.15) is 5.75 Å². The Balaban J connectivity index is 2.20. The van der Waals surface area contributed by atoms with Crippen LogP contribution in [0.25, 0.3) is 0 Å². The number of benzene rings is 2. The first-order valence-corrected chi connectivity index (χ1v) is 6.09. The highest BCUT2D eigenvalue weighted by molar-refractivity contribution is 5.85. The summed E-state index contributed by atoms with van der Waals surface area (Å²) in [5.74, 6) is 0.822. The van der Waals surface area contributed by atoms with E-state index in [0.29, 0.717) is 12.2 Å². The topological polar surface area (TPSA) is 45.4 Å². The second-order valence-corrected chi connectivity index (χ2v) is 3.89. The number of nitriles is 1. The van der Waals surface area contributed by atoms with Crippen molar-refractivity contribution in [3.63, 3.8) is 0 Å². The van der Waals surface area contributed by atoms with Gasteiger partial charge < -0.3 is 4.74 Å². The smallest absolute Gasteiger partial charge is 0.128 e. The van der Waals surface area contributed by atoms with E-state index in [1.807, 2.05) is 43.3 Å². The third-order valence-corrected chi connectivity index (χ3v) is 2.57. The third-order valence-electron chi connectivity index (χ3n) is 2.57. The van der Waals surface area contributed by atoms with Crippen LogP contribution in [0.15, 0.2) is 53.5 Å². The summed E-state index contributed by atoms with van der Waals surface area (Å²) in [6, 6.07) is 17.0. The van der Waals surface area contributed by atoms with E-state index in [-0.39, 0.29) is 0 Å². The van der Waals surface area contributed by atoms with Gasteiger partial charge in [-0.2, -0.15) is 5.26 Å². The summed E-state index contributed by atoms with van der Waals surface area (Å²) in [6.45, 7) is 2.58. The fraction of sp³-hybridized carbons (Fsp3) is 0.125. The Kier molecular flexibility index (Phi) is 4.30. The van der Waals surface area contributed by atoms with Crippen LogP contribution in [0.3, 0.4) is 0 Å². The molecule has 0 spiro atoms. The van der Waals surface area contributed by atoms with Gasteiger partial charge in [0.2, 0.25) is 0 Å². The van der Waals surface area contributed by atoms with E-state index in [4.69, 9.17) is 10.00 Å². The molecule has 0 aliphatic rings. The molecular formula is C16H14N2O. The quantitative estimate of drug-likeness (QED) is 0.776. The molecule has 3 heteroatoms. The summed E-state index contributed by atoms with van der Waals surface area (Å²) in [5, 5.41) is 8.73. The van der Waals surface area contributed by atoms with Gasteiger partial charge in [-0.3, -0.25) is 4.99 Å². The Bertz CT molecular complexity index is 609. The van der Waals surface area contributed by atoms with Crippen molar-refractivity contribution in [1.82, 2.24) is 0 Å². The summed E-state index contributed by atoms with van der Waals surface area (Å²) < 4.78 is 5.53. The van der Waals surface area contributed by atoms with Crippen LogP contribution in [0.2, 0.25) is 0 Å². The largest absolute Gasteiger partial charge is 0.493 e. The number of nitrogens with zero attached hydrogens (tertiary/aromatic N) is 2. The molecule has 0 aliphatic carbocycles. The molecule has 19 heavy (non-hydrogen) atoms. The van der Waals surface area contributed by atoms with Gasteiger partial charge in [-0.05, 0) is 43.3 Å². The average Bonchev–Trinajstić information content (AvgIpc) is 2.47. The molecule has 2 aromatic carbocycles. The van der Waals surface area contributed by atoms with Crippen LogP contribution in [-0.2, 0) is 0 Å². The lowest BCUT2D eigenvalue weighted by atomic mass is 10.2. The first-order valence-electron chi connectivity index (χ1n) is 6.09. The summed E-state index contributed by atoms with van der Waals surface area (Å²) >= 11 is 0. The van der Waals surface area contributed by atoms with E-state index in [9.17, 15) is 0 Å². The monoisotopic (exact) mass is 250 g/mol. The lowest BCUT2D eigenvalue weighted by Crippen LogP contribution is -1.95. The van der Waals surface area contributed by atoms with Gasteiger partial charge in [0.15, 0.2) is 0 Å². The Labute approximate surface area is 112 Å². The molecule has 0 bridgehead atoms. The van der Waals surface area contributed by atoms with Crippen LogP contribution in [-0.4, -0.2) is 12.8 Å². The highest BCUT2D eigenvalue weighted by Crippen LogP contribution is 2.18. The van der Waals surface area contributed by atoms with E-state index in [1.54, 1.807) is 18.3 Å². The molecule has 0 aliphatic heterocycles. The van der Waals surface area contributed by atoms with E-state index in [2.05, 4.69) is 11.1 Å². The Morgan fingerprint density at radius 1 is 1.16 bits per heavy atom. The molecule has 94 valence electrons. The molecule has 3 nitrogen and oxygen atoms in total. The van der Waals surface area contributed by atoms with Gasteiger partial charge in [0.05, 0.1) is 23.9 Å². The lowest BCUT2D eigenvalue weighted by Gasteiger charge is -2.05. The van der Waals surface area contributed by atoms with Crippen molar-refractivity contribution in [2.24, 2.45) is 4.99 Å². The number of ether oxygens (including phenoxy) is 1. The van der Waals surface area contributed by atoms with Crippen LogP contribution < -0.4 is 4.74 Å². The average molecular weight is 250 g/mol. The minimum atomic E-state index is 0.627. The molecule has 2 aromatic rings. The zero-order chi connectivity index (χ0) is 13.5. The molecule has 0 atom stereocenters. The summed E-state index contributed by atoms with van der Waals surface area (Å²) in [4.78, 5) is 4.38.